The van der Waals surface area contributed by atoms with Crippen LogP contribution in [0.5, 0.6) is 0 Å². The van der Waals surface area contributed by atoms with E-state index in [1.165, 1.54) is 11.8 Å². The molecule has 0 aromatic carbocycles. The molecule has 1 unspecified atom stereocenters. The van der Waals surface area contributed by atoms with Crippen LogP contribution in [-0.2, 0) is 4.79 Å². The van der Waals surface area contributed by atoms with Crippen molar-refractivity contribution in [1.82, 2.24) is 15.0 Å². The van der Waals surface area contributed by atoms with Crippen LogP contribution in [0.25, 0.3) is 22.9 Å². The highest BCUT2D eigenvalue weighted by Crippen LogP contribution is 2.34. The summed E-state index contributed by atoms with van der Waals surface area (Å²) in [7, 11) is 0. The topological polar surface area (TPSA) is 97.0 Å². The van der Waals surface area contributed by atoms with E-state index >= 15 is 0 Å². The molecule has 0 bridgehead atoms. The molecule has 0 aliphatic heterocycles. The van der Waals surface area contributed by atoms with Gasteiger partial charge in [0.15, 0.2) is 16.7 Å². The van der Waals surface area contributed by atoms with Gasteiger partial charge in [0.1, 0.15) is 17.2 Å². The predicted octanol–water partition coefficient (Wildman–Crippen LogP) is 4.44. The van der Waals surface area contributed by atoms with Gasteiger partial charge in [-0.05, 0) is 43.3 Å². The molecule has 0 saturated heterocycles. The van der Waals surface area contributed by atoms with E-state index in [4.69, 9.17) is 8.83 Å². The van der Waals surface area contributed by atoms with Gasteiger partial charge < -0.3 is 19.1 Å². The number of aromatic nitrogens is 3. The van der Waals surface area contributed by atoms with Gasteiger partial charge >= 0.3 is 0 Å². The summed E-state index contributed by atoms with van der Waals surface area (Å²) in [6.45, 7) is 1.81. The van der Waals surface area contributed by atoms with Crippen molar-refractivity contribution >= 4 is 23.5 Å². The zero-order valence-corrected chi connectivity index (χ0v) is 15.2. The van der Waals surface area contributed by atoms with Gasteiger partial charge in [-0.1, -0.05) is 17.8 Å². The Morgan fingerprint density at radius 2 is 1.89 bits per heavy atom. The maximum Gasteiger partial charge on any atom is 0.238 e. The number of nitrogens with one attached hydrogen (secondary N) is 2. The van der Waals surface area contributed by atoms with Crippen molar-refractivity contribution in [3.8, 4) is 22.9 Å². The van der Waals surface area contributed by atoms with Crippen LogP contribution in [0.15, 0.2) is 75.2 Å². The fraction of sp³-hybridized carbons (Fsp3) is 0.105. The van der Waals surface area contributed by atoms with Gasteiger partial charge in [-0.25, -0.2) is 9.97 Å². The SMILES string of the molecule is CC(Sc1nc(-c2ccco2)c(-c2ccco2)[nH]1)C(=O)Nc1ccccn1. The van der Waals surface area contributed by atoms with Crippen LogP contribution < -0.4 is 5.32 Å². The molecule has 0 fully saturated rings. The van der Waals surface area contributed by atoms with Gasteiger partial charge in [0.2, 0.25) is 5.91 Å². The summed E-state index contributed by atoms with van der Waals surface area (Å²) in [5.74, 6) is 1.62. The number of thioether (sulfide) groups is 1. The summed E-state index contributed by atoms with van der Waals surface area (Å²) >= 11 is 1.31. The van der Waals surface area contributed by atoms with Gasteiger partial charge in [0.05, 0.1) is 17.8 Å². The molecule has 136 valence electrons. The maximum atomic E-state index is 12.4. The standard InChI is InChI=1S/C19H16N4O3S/c1-12(18(24)21-15-8-2-3-9-20-15)27-19-22-16(13-6-4-10-25-13)17(23-19)14-7-5-11-26-14/h2-12H,1H3,(H,22,23)(H,20,21,24). The Morgan fingerprint density at radius 1 is 1.11 bits per heavy atom. The first-order chi connectivity index (χ1) is 13.2. The molecule has 27 heavy (non-hydrogen) atoms. The minimum Gasteiger partial charge on any atom is -0.463 e. The van der Waals surface area contributed by atoms with E-state index in [1.54, 1.807) is 43.0 Å². The fourth-order valence-corrected chi connectivity index (χ4v) is 3.29. The summed E-state index contributed by atoms with van der Waals surface area (Å²) < 4.78 is 11.0. The highest BCUT2D eigenvalue weighted by Gasteiger charge is 2.22. The number of aromatic amines is 1. The molecule has 4 aromatic heterocycles. The summed E-state index contributed by atoms with van der Waals surface area (Å²) in [5, 5.41) is 3.00. The second-order valence-electron chi connectivity index (χ2n) is 5.68. The number of amides is 1. The van der Waals surface area contributed by atoms with E-state index in [0.717, 1.165) is 0 Å². The van der Waals surface area contributed by atoms with E-state index in [9.17, 15) is 4.79 Å². The fourth-order valence-electron chi connectivity index (χ4n) is 2.48. The number of nitrogens with zero attached hydrogens (tertiary/aromatic N) is 2. The molecule has 2 N–H and O–H groups in total. The van der Waals surface area contributed by atoms with Crippen molar-refractivity contribution in [2.45, 2.75) is 17.3 Å². The van der Waals surface area contributed by atoms with Gasteiger partial charge in [0, 0.05) is 6.20 Å². The highest BCUT2D eigenvalue weighted by atomic mass is 32.2. The monoisotopic (exact) mass is 380 g/mol. The van der Waals surface area contributed by atoms with Crippen LogP contribution in [0, 0.1) is 0 Å². The summed E-state index contributed by atoms with van der Waals surface area (Å²) in [5.41, 5.74) is 1.34. The lowest BCUT2D eigenvalue weighted by Crippen LogP contribution is -2.23. The summed E-state index contributed by atoms with van der Waals surface area (Å²) in [6, 6.07) is 12.6. The molecular weight excluding hydrogens is 364 g/mol. The molecule has 7 nitrogen and oxygen atoms in total. The number of anilines is 1. The number of rotatable bonds is 6. The lowest BCUT2D eigenvalue weighted by atomic mass is 10.2. The van der Waals surface area contributed by atoms with Crippen LogP contribution in [-0.4, -0.2) is 26.1 Å². The Bertz CT molecular complexity index is 959. The minimum absolute atomic E-state index is 0.158. The van der Waals surface area contributed by atoms with Crippen molar-refractivity contribution in [2.75, 3.05) is 5.32 Å². The molecule has 4 aromatic rings. The van der Waals surface area contributed by atoms with Gasteiger partial charge in [-0.15, -0.1) is 0 Å². The quantitative estimate of drug-likeness (QED) is 0.480. The molecular formula is C19H16N4O3S. The zero-order chi connectivity index (χ0) is 18.6. The third-order valence-corrected chi connectivity index (χ3v) is 4.76. The van der Waals surface area contributed by atoms with Gasteiger partial charge in [0.25, 0.3) is 0 Å². The molecule has 0 aliphatic rings. The van der Waals surface area contributed by atoms with Crippen LogP contribution in [0.1, 0.15) is 6.92 Å². The van der Waals surface area contributed by atoms with Crippen molar-refractivity contribution in [3.63, 3.8) is 0 Å². The summed E-state index contributed by atoms with van der Waals surface area (Å²) in [6.07, 6.45) is 4.81. The number of pyridine rings is 1. The predicted molar refractivity (Wildman–Crippen MR) is 102 cm³/mol. The van der Waals surface area contributed by atoms with Crippen LogP contribution in [0.3, 0.4) is 0 Å². The van der Waals surface area contributed by atoms with E-state index < -0.39 is 0 Å². The van der Waals surface area contributed by atoms with E-state index in [1.807, 2.05) is 25.1 Å². The number of hydrogen-bond donors (Lipinski definition) is 2. The molecule has 8 heteroatoms. The Morgan fingerprint density at radius 3 is 2.56 bits per heavy atom. The summed E-state index contributed by atoms with van der Waals surface area (Å²) in [4.78, 5) is 24.3. The Balaban J connectivity index is 1.55. The third-order valence-electron chi connectivity index (χ3n) is 3.78. The van der Waals surface area contributed by atoms with E-state index in [0.29, 0.717) is 33.9 Å². The largest absolute Gasteiger partial charge is 0.463 e. The first kappa shape index (κ1) is 17.2. The molecule has 4 heterocycles. The number of furan rings is 2. The lowest BCUT2D eigenvalue weighted by molar-refractivity contribution is -0.115. The molecule has 0 radical (unpaired) electrons. The second kappa shape index (κ2) is 7.55. The molecule has 1 amide bonds. The number of imidazole rings is 1. The average molecular weight is 380 g/mol. The first-order valence-corrected chi connectivity index (χ1v) is 9.15. The first-order valence-electron chi connectivity index (χ1n) is 8.27. The second-order valence-corrected chi connectivity index (χ2v) is 7.01. The van der Waals surface area contributed by atoms with Crippen LogP contribution >= 0.6 is 11.8 Å². The Hall–Kier alpha value is -3.26. The van der Waals surface area contributed by atoms with Crippen molar-refractivity contribution in [1.29, 1.82) is 0 Å². The number of carbonyl (C=O) groups is 1. The smallest absolute Gasteiger partial charge is 0.238 e. The molecule has 0 saturated carbocycles. The molecule has 0 spiro atoms. The van der Waals surface area contributed by atoms with Crippen molar-refractivity contribution in [3.05, 3.63) is 61.2 Å². The zero-order valence-electron chi connectivity index (χ0n) is 14.4. The maximum absolute atomic E-state index is 12.4. The van der Waals surface area contributed by atoms with E-state index in [-0.39, 0.29) is 11.2 Å². The van der Waals surface area contributed by atoms with Gasteiger partial charge in [-0.2, -0.15) is 0 Å². The van der Waals surface area contributed by atoms with E-state index in [2.05, 4.69) is 20.3 Å². The normalized spacial score (nSPS) is 12.0. The minimum atomic E-state index is -0.382. The van der Waals surface area contributed by atoms with Gasteiger partial charge in [-0.3, -0.25) is 4.79 Å². The molecule has 0 aliphatic carbocycles. The highest BCUT2D eigenvalue weighted by molar-refractivity contribution is 8.00. The van der Waals surface area contributed by atoms with Crippen LogP contribution in [0.4, 0.5) is 5.82 Å². The number of carbonyl (C=O) groups excluding carboxylic acids is 1. The third kappa shape index (κ3) is 3.80. The number of H-pyrrole nitrogens is 1. The van der Waals surface area contributed by atoms with Crippen molar-refractivity contribution in [2.24, 2.45) is 0 Å². The van der Waals surface area contributed by atoms with Crippen molar-refractivity contribution < 1.29 is 13.6 Å². The molecule has 4 rings (SSSR count). The lowest BCUT2D eigenvalue weighted by Gasteiger charge is -2.09. The number of hydrogen-bond acceptors (Lipinski definition) is 6. The Labute approximate surface area is 159 Å². The average Bonchev–Trinajstić information content (AvgIpc) is 3.43. The Kier molecular flexibility index (Phi) is 4.80. The molecule has 1 atom stereocenters. The van der Waals surface area contributed by atoms with Crippen LogP contribution in [0.2, 0.25) is 0 Å².